The summed E-state index contributed by atoms with van der Waals surface area (Å²) in [5, 5.41) is 11.9. The van der Waals surface area contributed by atoms with Crippen LogP contribution in [-0.2, 0) is 11.3 Å². The number of tetrazole rings is 1. The normalized spacial score (nSPS) is 11.2. The van der Waals surface area contributed by atoms with Gasteiger partial charge in [0.25, 0.3) is 0 Å². The highest BCUT2D eigenvalue weighted by Crippen LogP contribution is 2.28. The number of ether oxygens (including phenoxy) is 1. The van der Waals surface area contributed by atoms with E-state index >= 15 is 0 Å². The molecule has 7 heteroatoms. The first-order chi connectivity index (χ1) is 10.1. The highest BCUT2D eigenvalue weighted by Gasteiger charge is 2.12. The number of aryl methyl sites for hydroxylation is 1. The van der Waals surface area contributed by atoms with Crippen molar-refractivity contribution in [2.45, 2.75) is 26.8 Å². The lowest BCUT2D eigenvalue weighted by Gasteiger charge is -2.08. The molecular weight excluding hydrogens is 334 g/mol. The molecule has 0 aliphatic rings. The second-order valence-electron chi connectivity index (χ2n) is 5.29. The van der Waals surface area contributed by atoms with Crippen LogP contribution in [0.3, 0.4) is 0 Å². The summed E-state index contributed by atoms with van der Waals surface area (Å²) in [5.41, 5.74) is 7.41. The molecule has 1 heterocycles. The topological polar surface area (TPSA) is 78.8 Å². The van der Waals surface area contributed by atoms with Gasteiger partial charge < -0.3 is 10.5 Å². The van der Waals surface area contributed by atoms with Crippen molar-refractivity contribution in [3.63, 3.8) is 0 Å². The van der Waals surface area contributed by atoms with Crippen LogP contribution in [0.2, 0.25) is 0 Å². The zero-order valence-electron chi connectivity index (χ0n) is 12.3. The van der Waals surface area contributed by atoms with Gasteiger partial charge in [0.15, 0.2) is 5.82 Å². The summed E-state index contributed by atoms with van der Waals surface area (Å²) in [6.07, 6.45) is 0.866. The van der Waals surface area contributed by atoms with Crippen LogP contribution in [0.5, 0.6) is 0 Å². The molecule has 21 heavy (non-hydrogen) atoms. The molecule has 0 fully saturated rings. The van der Waals surface area contributed by atoms with Gasteiger partial charge in [0.2, 0.25) is 0 Å². The molecular formula is C14H20BrN5O. The molecule has 0 saturated heterocycles. The van der Waals surface area contributed by atoms with Crippen molar-refractivity contribution < 1.29 is 4.74 Å². The van der Waals surface area contributed by atoms with E-state index in [0.717, 1.165) is 23.1 Å². The van der Waals surface area contributed by atoms with E-state index in [2.05, 4.69) is 45.3 Å². The van der Waals surface area contributed by atoms with E-state index in [9.17, 15) is 0 Å². The number of halogens is 1. The number of nitrogens with two attached hydrogens (primary N) is 1. The number of hydrogen-bond donors (Lipinski definition) is 1. The van der Waals surface area contributed by atoms with Gasteiger partial charge in [-0.1, -0.05) is 29.8 Å². The Morgan fingerprint density at radius 2 is 2.19 bits per heavy atom. The quantitative estimate of drug-likeness (QED) is 0.611. The van der Waals surface area contributed by atoms with E-state index in [1.165, 1.54) is 0 Å². The van der Waals surface area contributed by atoms with Gasteiger partial charge in [0.1, 0.15) is 0 Å². The van der Waals surface area contributed by atoms with Gasteiger partial charge in [-0.15, -0.1) is 5.10 Å². The van der Waals surface area contributed by atoms with Crippen LogP contribution < -0.4 is 5.73 Å². The first-order valence-corrected chi connectivity index (χ1v) is 7.76. The Kier molecular flexibility index (Phi) is 5.69. The van der Waals surface area contributed by atoms with Crippen LogP contribution >= 0.6 is 15.9 Å². The van der Waals surface area contributed by atoms with Gasteiger partial charge in [0.05, 0.1) is 0 Å². The minimum Gasteiger partial charge on any atom is -0.399 e. The monoisotopic (exact) mass is 353 g/mol. The van der Waals surface area contributed by atoms with E-state index < -0.39 is 0 Å². The molecule has 0 spiro atoms. The Labute approximate surface area is 132 Å². The molecule has 0 amide bonds. The highest BCUT2D eigenvalue weighted by molar-refractivity contribution is 9.10. The SMILES string of the molecule is CC(C)COCCCn1nnnc1-c1cc(N)ccc1Br. The van der Waals surface area contributed by atoms with Gasteiger partial charge >= 0.3 is 0 Å². The molecule has 1 aromatic carbocycles. The van der Waals surface area contributed by atoms with Crippen LogP contribution in [-0.4, -0.2) is 33.4 Å². The average Bonchev–Trinajstić information content (AvgIpc) is 2.89. The molecule has 0 saturated carbocycles. The van der Waals surface area contributed by atoms with Crippen molar-refractivity contribution in [3.8, 4) is 11.4 Å². The molecule has 1 aromatic heterocycles. The van der Waals surface area contributed by atoms with Crippen molar-refractivity contribution in [3.05, 3.63) is 22.7 Å². The number of rotatable bonds is 7. The van der Waals surface area contributed by atoms with E-state index in [1.807, 2.05) is 18.2 Å². The minimum absolute atomic E-state index is 0.553. The molecule has 0 atom stereocenters. The smallest absolute Gasteiger partial charge is 0.183 e. The average molecular weight is 354 g/mol. The van der Waals surface area contributed by atoms with E-state index in [1.54, 1.807) is 4.68 Å². The molecule has 0 radical (unpaired) electrons. The maximum atomic E-state index is 5.83. The zero-order chi connectivity index (χ0) is 15.2. The largest absolute Gasteiger partial charge is 0.399 e. The minimum atomic E-state index is 0.553. The fraction of sp³-hybridized carbons (Fsp3) is 0.500. The van der Waals surface area contributed by atoms with Gasteiger partial charge in [-0.2, -0.15) is 0 Å². The van der Waals surface area contributed by atoms with E-state index in [0.29, 0.717) is 30.6 Å². The number of nitrogen functional groups attached to an aromatic ring is 1. The summed E-state index contributed by atoms with van der Waals surface area (Å²) in [5.74, 6) is 1.26. The Balaban J connectivity index is 2.00. The van der Waals surface area contributed by atoms with Crippen molar-refractivity contribution in [1.29, 1.82) is 0 Å². The number of nitrogens with zero attached hydrogens (tertiary/aromatic N) is 4. The molecule has 0 aliphatic heterocycles. The van der Waals surface area contributed by atoms with Gasteiger partial charge in [-0.25, -0.2) is 4.68 Å². The van der Waals surface area contributed by atoms with Crippen LogP contribution in [0.4, 0.5) is 5.69 Å². The molecule has 2 N–H and O–H groups in total. The molecule has 6 nitrogen and oxygen atoms in total. The van der Waals surface area contributed by atoms with Crippen molar-refractivity contribution in [1.82, 2.24) is 20.2 Å². The Morgan fingerprint density at radius 3 is 2.95 bits per heavy atom. The number of hydrogen-bond acceptors (Lipinski definition) is 5. The van der Waals surface area contributed by atoms with Crippen LogP contribution in [0.25, 0.3) is 11.4 Å². The standard InChI is InChI=1S/C14H20BrN5O/c1-10(2)9-21-7-3-6-20-14(17-18-19-20)12-8-11(16)4-5-13(12)15/h4-5,8,10H,3,6-7,9,16H2,1-2H3. The number of benzene rings is 1. The summed E-state index contributed by atoms with van der Waals surface area (Å²) in [6, 6.07) is 5.60. The molecule has 0 aliphatic carbocycles. The lowest BCUT2D eigenvalue weighted by atomic mass is 10.2. The maximum Gasteiger partial charge on any atom is 0.183 e. The molecule has 114 valence electrons. The number of anilines is 1. The van der Waals surface area contributed by atoms with Crippen molar-refractivity contribution in [2.75, 3.05) is 18.9 Å². The van der Waals surface area contributed by atoms with Crippen LogP contribution in [0.1, 0.15) is 20.3 Å². The first-order valence-electron chi connectivity index (χ1n) is 6.97. The summed E-state index contributed by atoms with van der Waals surface area (Å²) < 4.78 is 8.27. The lowest BCUT2D eigenvalue weighted by Crippen LogP contribution is -2.08. The third-order valence-electron chi connectivity index (χ3n) is 2.87. The molecule has 2 rings (SSSR count). The molecule has 2 aromatic rings. The number of aromatic nitrogens is 4. The fourth-order valence-corrected chi connectivity index (χ4v) is 2.32. The van der Waals surface area contributed by atoms with E-state index in [4.69, 9.17) is 10.5 Å². The third-order valence-corrected chi connectivity index (χ3v) is 3.56. The summed E-state index contributed by atoms with van der Waals surface area (Å²) in [7, 11) is 0. The molecule has 0 unspecified atom stereocenters. The predicted octanol–water partition coefficient (Wildman–Crippen LogP) is 2.75. The Morgan fingerprint density at radius 1 is 1.38 bits per heavy atom. The summed E-state index contributed by atoms with van der Waals surface area (Å²) in [4.78, 5) is 0. The lowest BCUT2D eigenvalue weighted by molar-refractivity contribution is 0.105. The molecule has 0 bridgehead atoms. The second-order valence-corrected chi connectivity index (χ2v) is 6.14. The van der Waals surface area contributed by atoms with Gasteiger partial charge in [-0.3, -0.25) is 0 Å². The predicted molar refractivity (Wildman–Crippen MR) is 85.6 cm³/mol. The zero-order valence-corrected chi connectivity index (χ0v) is 13.9. The Bertz CT molecular complexity index is 584. The van der Waals surface area contributed by atoms with Crippen molar-refractivity contribution in [2.24, 2.45) is 5.92 Å². The fourth-order valence-electron chi connectivity index (χ4n) is 1.90. The third kappa shape index (κ3) is 4.50. The van der Waals surface area contributed by atoms with E-state index in [-0.39, 0.29) is 0 Å². The Hall–Kier alpha value is -1.47. The second kappa shape index (κ2) is 7.51. The summed E-state index contributed by atoms with van der Waals surface area (Å²) in [6.45, 7) is 6.47. The van der Waals surface area contributed by atoms with Crippen LogP contribution in [0.15, 0.2) is 22.7 Å². The highest BCUT2D eigenvalue weighted by atomic mass is 79.9. The summed E-state index contributed by atoms with van der Waals surface area (Å²) >= 11 is 3.51. The maximum absolute atomic E-state index is 5.83. The van der Waals surface area contributed by atoms with Gasteiger partial charge in [0, 0.05) is 35.5 Å². The van der Waals surface area contributed by atoms with Crippen LogP contribution in [0, 0.1) is 5.92 Å². The van der Waals surface area contributed by atoms with Crippen molar-refractivity contribution >= 4 is 21.6 Å². The van der Waals surface area contributed by atoms with Gasteiger partial charge in [-0.05, 0) is 41.0 Å². The first kappa shape index (κ1) is 15.9.